The van der Waals surface area contributed by atoms with Crippen LogP contribution in [-0.2, 0) is 9.59 Å². The van der Waals surface area contributed by atoms with E-state index in [1.165, 1.54) is 0 Å². The fourth-order valence-corrected chi connectivity index (χ4v) is 2.14. The fourth-order valence-electron chi connectivity index (χ4n) is 1.81. The summed E-state index contributed by atoms with van der Waals surface area (Å²) in [6.07, 6.45) is 5.05. The lowest BCUT2D eigenvalue weighted by atomic mass is 9.97. The van der Waals surface area contributed by atoms with Crippen LogP contribution in [0.5, 0.6) is 0 Å². The Morgan fingerprint density at radius 1 is 1.71 bits per heavy atom. The molecule has 1 saturated carbocycles. The molecule has 0 N–H and O–H groups in total. The molecule has 1 aliphatic carbocycles. The number of allylic oxidation sites excluding steroid dienone is 1. The van der Waals surface area contributed by atoms with Crippen molar-refractivity contribution >= 4 is 24.2 Å². The maximum Gasteiger partial charge on any atom is 0.144 e. The zero-order chi connectivity index (χ0) is 10.6. The lowest BCUT2D eigenvalue weighted by Crippen LogP contribution is -2.21. The summed E-state index contributed by atoms with van der Waals surface area (Å²) in [5.41, 5.74) is 0. The van der Waals surface area contributed by atoms with E-state index in [2.05, 4.69) is 19.2 Å². The molecule has 0 aromatic rings. The first-order valence-corrected chi connectivity index (χ1v) is 5.51. The van der Waals surface area contributed by atoms with E-state index in [1.807, 2.05) is 0 Å². The topological polar surface area (TPSA) is 34.1 Å². The Labute approximate surface area is 90.2 Å². The Bertz CT molecular complexity index is 248. The van der Waals surface area contributed by atoms with Crippen molar-refractivity contribution in [2.75, 3.05) is 0 Å². The van der Waals surface area contributed by atoms with Crippen molar-refractivity contribution in [2.45, 2.75) is 37.4 Å². The normalized spacial score (nSPS) is 23.5. The Balaban J connectivity index is 2.41. The predicted octanol–water partition coefficient (Wildman–Crippen LogP) is 2.19. The van der Waals surface area contributed by atoms with Crippen LogP contribution in [0.3, 0.4) is 0 Å². The van der Waals surface area contributed by atoms with Crippen molar-refractivity contribution in [3.8, 4) is 0 Å². The summed E-state index contributed by atoms with van der Waals surface area (Å²) >= 11 is 4.27. The highest BCUT2D eigenvalue weighted by atomic mass is 32.1. The van der Waals surface area contributed by atoms with E-state index in [0.29, 0.717) is 12.8 Å². The van der Waals surface area contributed by atoms with Crippen molar-refractivity contribution in [1.29, 1.82) is 0 Å². The van der Waals surface area contributed by atoms with Gasteiger partial charge in [-0.2, -0.15) is 12.6 Å². The summed E-state index contributed by atoms with van der Waals surface area (Å²) < 4.78 is 0. The van der Waals surface area contributed by atoms with Gasteiger partial charge in [0.2, 0.25) is 0 Å². The maximum atomic E-state index is 11.6. The van der Waals surface area contributed by atoms with Crippen LogP contribution in [0.1, 0.15) is 32.1 Å². The van der Waals surface area contributed by atoms with E-state index >= 15 is 0 Å². The molecule has 0 aromatic heterocycles. The van der Waals surface area contributed by atoms with Gasteiger partial charge < -0.3 is 0 Å². The first kappa shape index (κ1) is 11.5. The van der Waals surface area contributed by atoms with Crippen molar-refractivity contribution < 1.29 is 9.59 Å². The molecule has 0 saturated heterocycles. The average Bonchev–Trinajstić information content (AvgIpc) is 2.51. The molecule has 14 heavy (non-hydrogen) atoms. The Hall–Kier alpha value is -0.570. The summed E-state index contributed by atoms with van der Waals surface area (Å²) in [5.74, 6) is -0.141. The molecule has 0 radical (unpaired) electrons. The molecule has 78 valence electrons. The second-order valence-electron chi connectivity index (χ2n) is 3.76. The number of hydrogen-bond donors (Lipinski definition) is 1. The predicted molar refractivity (Wildman–Crippen MR) is 59.6 cm³/mol. The largest absolute Gasteiger partial charge is 0.299 e. The monoisotopic (exact) mass is 212 g/mol. The van der Waals surface area contributed by atoms with Crippen molar-refractivity contribution in [2.24, 2.45) is 5.92 Å². The number of thiol groups is 1. The van der Waals surface area contributed by atoms with Crippen molar-refractivity contribution in [1.82, 2.24) is 0 Å². The number of carbonyl (C=O) groups is 2. The third-order valence-electron chi connectivity index (χ3n) is 2.57. The second-order valence-corrected chi connectivity index (χ2v) is 4.49. The van der Waals surface area contributed by atoms with Gasteiger partial charge >= 0.3 is 0 Å². The van der Waals surface area contributed by atoms with Gasteiger partial charge in [0.25, 0.3) is 0 Å². The van der Waals surface area contributed by atoms with Crippen LogP contribution in [0.2, 0.25) is 0 Å². The van der Waals surface area contributed by atoms with Gasteiger partial charge in [-0.05, 0) is 19.3 Å². The second kappa shape index (κ2) is 5.35. The summed E-state index contributed by atoms with van der Waals surface area (Å²) in [6, 6.07) is 0. The fraction of sp³-hybridized carbons (Fsp3) is 0.636. The van der Waals surface area contributed by atoms with E-state index < -0.39 is 0 Å². The van der Waals surface area contributed by atoms with Crippen molar-refractivity contribution in [3.63, 3.8) is 0 Å². The zero-order valence-corrected chi connectivity index (χ0v) is 9.13. The molecular weight excluding hydrogens is 196 g/mol. The number of hydrogen-bond acceptors (Lipinski definition) is 3. The number of rotatable bonds is 5. The smallest absolute Gasteiger partial charge is 0.144 e. The van der Waals surface area contributed by atoms with E-state index in [4.69, 9.17) is 0 Å². The van der Waals surface area contributed by atoms with Crippen LogP contribution < -0.4 is 0 Å². The van der Waals surface area contributed by atoms with E-state index in [1.54, 1.807) is 6.08 Å². The molecule has 1 aliphatic rings. The standard InChI is InChI=1S/C11H16O2S/c1-2-4-8(14)7-11(13)9-5-3-6-10(9)12/h2,8-9,14H,1,3-7H2. The molecule has 0 aromatic carbocycles. The van der Waals surface area contributed by atoms with Crippen LogP contribution in [-0.4, -0.2) is 16.8 Å². The molecule has 0 spiro atoms. The van der Waals surface area contributed by atoms with Gasteiger partial charge in [0.05, 0.1) is 5.92 Å². The Morgan fingerprint density at radius 3 is 2.93 bits per heavy atom. The zero-order valence-electron chi connectivity index (χ0n) is 8.24. The van der Waals surface area contributed by atoms with Crippen molar-refractivity contribution in [3.05, 3.63) is 12.7 Å². The third-order valence-corrected chi connectivity index (χ3v) is 2.96. The molecule has 0 amide bonds. The van der Waals surface area contributed by atoms with Gasteiger partial charge in [-0.15, -0.1) is 6.58 Å². The Morgan fingerprint density at radius 2 is 2.43 bits per heavy atom. The van der Waals surface area contributed by atoms with Crippen LogP contribution in [0, 0.1) is 5.92 Å². The van der Waals surface area contributed by atoms with Crippen LogP contribution in [0.4, 0.5) is 0 Å². The highest BCUT2D eigenvalue weighted by Crippen LogP contribution is 2.24. The van der Waals surface area contributed by atoms with E-state index in [9.17, 15) is 9.59 Å². The molecule has 2 atom stereocenters. The minimum Gasteiger partial charge on any atom is -0.299 e. The van der Waals surface area contributed by atoms with E-state index in [-0.39, 0.29) is 22.7 Å². The minimum atomic E-state index is -0.325. The van der Waals surface area contributed by atoms with Gasteiger partial charge in [0.1, 0.15) is 11.6 Å². The van der Waals surface area contributed by atoms with Crippen LogP contribution in [0.15, 0.2) is 12.7 Å². The summed E-state index contributed by atoms with van der Waals surface area (Å²) in [4.78, 5) is 22.9. The van der Waals surface area contributed by atoms with Crippen LogP contribution in [0.25, 0.3) is 0 Å². The quantitative estimate of drug-likeness (QED) is 0.430. The summed E-state index contributed by atoms with van der Waals surface area (Å²) in [6.45, 7) is 3.59. The summed E-state index contributed by atoms with van der Waals surface area (Å²) in [5, 5.41) is 0.0217. The molecule has 0 aliphatic heterocycles. The van der Waals surface area contributed by atoms with Gasteiger partial charge in [-0.1, -0.05) is 6.08 Å². The summed E-state index contributed by atoms with van der Waals surface area (Å²) in [7, 11) is 0. The van der Waals surface area contributed by atoms with Crippen LogP contribution >= 0.6 is 12.6 Å². The molecule has 2 nitrogen and oxygen atoms in total. The first-order chi connectivity index (χ1) is 6.65. The Kier molecular flexibility index (Phi) is 4.39. The molecule has 0 bridgehead atoms. The molecule has 2 unspecified atom stereocenters. The highest BCUT2D eigenvalue weighted by Gasteiger charge is 2.31. The molecule has 3 heteroatoms. The first-order valence-electron chi connectivity index (χ1n) is 4.99. The minimum absolute atomic E-state index is 0.0217. The average molecular weight is 212 g/mol. The number of carbonyl (C=O) groups excluding carboxylic acids is 2. The van der Waals surface area contributed by atoms with Gasteiger partial charge in [-0.25, -0.2) is 0 Å². The number of ketones is 2. The lowest BCUT2D eigenvalue weighted by molar-refractivity contribution is -0.130. The lowest BCUT2D eigenvalue weighted by Gasteiger charge is -2.10. The maximum absolute atomic E-state index is 11.6. The van der Waals surface area contributed by atoms with Gasteiger partial charge in [0, 0.05) is 18.1 Å². The molecule has 1 rings (SSSR count). The van der Waals surface area contributed by atoms with E-state index in [0.717, 1.165) is 19.3 Å². The van der Waals surface area contributed by atoms with Gasteiger partial charge in [-0.3, -0.25) is 9.59 Å². The molecule has 1 fully saturated rings. The SMILES string of the molecule is C=CCC(S)CC(=O)C1CCCC1=O. The molecule has 0 heterocycles. The number of Topliss-reactive ketones (excluding diaryl/α,β-unsaturated/α-hetero) is 2. The third kappa shape index (κ3) is 2.98. The highest BCUT2D eigenvalue weighted by molar-refractivity contribution is 7.81. The van der Waals surface area contributed by atoms with Gasteiger partial charge in [0.15, 0.2) is 0 Å². The molecular formula is C11H16O2S.